The number of carbonyl (C=O) groups is 1. The first-order valence-electron chi connectivity index (χ1n) is 5.28. The topological polar surface area (TPSA) is 58.8 Å². The molecule has 1 amide bonds. The largest absolute Gasteiger partial charge is 0.443 e. The van der Waals surface area contributed by atoms with Crippen molar-refractivity contribution in [2.24, 2.45) is 5.73 Å². The number of carbonyl (C=O) groups excluding carboxylic acids is 1. The van der Waals surface area contributed by atoms with Crippen LogP contribution in [-0.4, -0.2) is 47.9 Å². The van der Waals surface area contributed by atoms with Crippen molar-refractivity contribution in [2.75, 3.05) is 20.1 Å². The van der Waals surface area contributed by atoms with Crippen molar-refractivity contribution in [3.63, 3.8) is 0 Å². The van der Waals surface area contributed by atoms with Crippen LogP contribution in [0.3, 0.4) is 0 Å². The van der Waals surface area contributed by atoms with Crippen LogP contribution in [0.5, 0.6) is 0 Å². The van der Waals surface area contributed by atoms with Gasteiger partial charge in [-0.3, -0.25) is 0 Å². The number of nitrogens with zero attached hydrogens (tertiary/aromatic N) is 2. The SMILES string of the molecule is CN1CCC(CN)N1C(=O)OC(C)(C)C. The molecule has 88 valence electrons. The van der Waals surface area contributed by atoms with E-state index < -0.39 is 5.60 Å². The van der Waals surface area contributed by atoms with Crippen LogP contribution in [0, 0.1) is 0 Å². The predicted molar refractivity (Wildman–Crippen MR) is 58.2 cm³/mol. The molecule has 0 aromatic heterocycles. The molecule has 15 heavy (non-hydrogen) atoms. The fourth-order valence-electron chi connectivity index (χ4n) is 1.66. The van der Waals surface area contributed by atoms with Gasteiger partial charge < -0.3 is 10.5 Å². The summed E-state index contributed by atoms with van der Waals surface area (Å²) in [5.41, 5.74) is 5.15. The van der Waals surface area contributed by atoms with Gasteiger partial charge in [0.25, 0.3) is 0 Å². The van der Waals surface area contributed by atoms with E-state index in [0.717, 1.165) is 13.0 Å². The van der Waals surface area contributed by atoms with Gasteiger partial charge in [-0.25, -0.2) is 14.8 Å². The molecule has 1 unspecified atom stereocenters. The quantitative estimate of drug-likeness (QED) is 0.703. The molecule has 1 heterocycles. The Labute approximate surface area is 91.1 Å². The average Bonchev–Trinajstić information content (AvgIpc) is 2.43. The summed E-state index contributed by atoms with van der Waals surface area (Å²) >= 11 is 0. The summed E-state index contributed by atoms with van der Waals surface area (Å²) in [5.74, 6) is 0. The van der Waals surface area contributed by atoms with Crippen molar-refractivity contribution in [2.45, 2.75) is 38.8 Å². The number of amides is 1. The van der Waals surface area contributed by atoms with Crippen LogP contribution in [0.1, 0.15) is 27.2 Å². The maximum atomic E-state index is 11.8. The summed E-state index contributed by atoms with van der Waals surface area (Å²) in [6.07, 6.45) is 0.602. The maximum Gasteiger partial charge on any atom is 0.425 e. The number of hydrogen-bond donors (Lipinski definition) is 1. The Hall–Kier alpha value is -0.810. The van der Waals surface area contributed by atoms with Gasteiger partial charge in [-0.05, 0) is 27.2 Å². The smallest absolute Gasteiger partial charge is 0.425 e. The highest BCUT2D eigenvalue weighted by molar-refractivity contribution is 5.68. The van der Waals surface area contributed by atoms with Crippen molar-refractivity contribution in [1.82, 2.24) is 10.0 Å². The van der Waals surface area contributed by atoms with Gasteiger partial charge in [0.1, 0.15) is 5.60 Å². The van der Waals surface area contributed by atoms with Gasteiger partial charge in [0.15, 0.2) is 0 Å². The molecular formula is C10H21N3O2. The lowest BCUT2D eigenvalue weighted by molar-refractivity contribution is -0.0290. The van der Waals surface area contributed by atoms with Gasteiger partial charge in [0.05, 0.1) is 6.04 Å². The molecule has 1 saturated heterocycles. The van der Waals surface area contributed by atoms with Gasteiger partial charge in [-0.2, -0.15) is 0 Å². The van der Waals surface area contributed by atoms with Crippen molar-refractivity contribution >= 4 is 6.09 Å². The Bertz CT molecular complexity index is 237. The van der Waals surface area contributed by atoms with E-state index in [9.17, 15) is 4.79 Å². The molecule has 1 aliphatic rings. The monoisotopic (exact) mass is 215 g/mol. The van der Waals surface area contributed by atoms with Gasteiger partial charge in [0.2, 0.25) is 0 Å². The fourth-order valence-corrected chi connectivity index (χ4v) is 1.66. The van der Waals surface area contributed by atoms with E-state index in [1.165, 1.54) is 0 Å². The highest BCUT2D eigenvalue weighted by Gasteiger charge is 2.35. The molecule has 0 radical (unpaired) electrons. The van der Waals surface area contributed by atoms with E-state index in [0.29, 0.717) is 6.54 Å². The molecule has 2 N–H and O–H groups in total. The predicted octanol–water partition coefficient (Wildman–Crippen LogP) is 0.801. The minimum atomic E-state index is -0.459. The molecular weight excluding hydrogens is 194 g/mol. The van der Waals surface area contributed by atoms with Crippen LogP contribution in [0.25, 0.3) is 0 Å². The molecule has 5 nitrogen and oxygen atoms in total. The van der Waals surface area contributed by atoms with Gasteiger partial charge >= 0.3 is 6.09 Å². The van der Waals surface area contributed by atoms with Crippen molar-refractivity contribution < 1.29 is 9.53 Å². The molecule has 0 bridgehead atoms. The third-order valence-corrected chi connectivity index (χ3v) is 2.35. The van der Waals surface area contributed by atoms with Crippen LogP contribution in [0.4, 0.5) is 4.79 Å². The third kappa shape index (κ3) is 3.07. The minimum Gasteiger partial charge on any atom is -0.443 e. The molecule has 0 saturated carbocycles. The lowest BCUT2D eigenvalue weighted by Gasteiger charge is -2.31. The first-order valence-corrected chi connectivity index (χ1v) is 5.28. The normalized spacial score (nSPS) is 23.3. The summed E-state index contributed by atoms with van der Waals surface area (Å²) in [4.78, 5) is 11.8. The van der Waals surface area contributed by atoms with Crippen LogP contribution in [0.2, 0.25) is 0 Å². The summed E-state index contributed by atoms with van der Waals surface area (Å²) in [5, 5.41) is 3.48. The van der Waals surface area contributed by atoms with Gasteiger partial charge in [-0.1, -0.05) is 0 Å². The summed E-state index contributed by atoms with van der Waals surface area (Å²) in [7, 11) is 1.87. The second kappa shape index (κ2) is 4.37. The fraction of sp³-hybridized carbons (Fsp3) is 0.900. The third-order valence-electron chi connectivity index (χ3n) is 2.35. The number of hydrogen-bond acceptors (Lipinski definition) is 4. The lowest BCUT2D eigenvalue weighted by atomic mass is 10.2. The van der Waals surface area contributed by atoms with Crippen LogP contribution in [-0.2, 0) is 4.74 Å². The van der Waals surface area contributed by atoms with E-state index in [4.69, 9.17) is 10.5 Å². The van der Waals surface area contributed by atoms with Crippen molar-refractivity contribution in [3.05, 3.63) is 0 Å². The number of nitrogens with two attached hydrogens (primary N) is 1. The second-order valence-electron chi connectivity index (χ2n) is 4.88. The molecule has 1 atom stereocenters. The highest BCUT2D eigenvalue weighted by atomic mass is 16.6. The number of rotatable bonds is 1. The molecule has 1 rings (SSSR count). The van der Waals surface area contributed by atoms with Crippen molar-refractivity contribution in [1.29, 1.82) is 0 Å². The van der Waals surface area contributed by atoms with Gasteiger partial charge in [-0.15, -0.1) is 0 Å². The van der Waals surface area contributed by atoms with Crippen LogP contribution >= 0.6 is 0 Å². The van der Waals surface area contributed by atoms with Gasteiger partial charge in [0, 0.05) is 20.1 Å². The molecule has 1 aliphatic heterocycles. The maximum absolute atomic E-state index is 11.8. The molecule has 0 aromatic rings. The molecule has 0 aromatic carbocycles. The second-order valence-corrected chi connectivity index (χ2v) is 4.88. The van der Waals surface area contributed by atoms with E-state index in [1.807, 2.05) is 32.8 Å². The van der Waals surface area contributed by atoms with Crippen molar-refractivity contribution in [3.8, 4) is 0 Å². The van der Waals surface area contributed by atoms with Crippen LogP contribution in [0.15, 0.2) is 0 Å². The Morgan fingerprint density at radius 2 is 2.13 bits per heavy atom. The average molecular weight is 215 g/mol. The Morgan fingerprint density at radius 1 is 1.53 bits per heavy atom. The summed E-state index contributed by atoms with van der Waals surface area (Å²) in [6, 6.07) is 0.0739. The lowest BCUT2D eigenvalue weighted by Crippen LogP contribution is -2.48. The van der Waals surface area contributed by atoms with E-state index in [1.54, 1.807) is 5.01 Å². The first-order chi connectivity index (χ1) is 6.85. The zero-order chi connectivity index (χ0) is 11.6. The summed E-state index contributed by atoms with van der Waals surface area (Å²) < 4.78 is 5.31. The first kappa shape index (κ1) is 12.3. The van der Waals surface area contributed by atoms with E-state index in [-0.39, 0.29) is 12.1 Å². The zero-order valence-corrected chi connectivity index (χ0v) is 9.99. The van der Waals surface area contributed by atoms with E-state index >= 15 is 0 Å². The number of hydrazine groups is 1. The standard InChI is InChI=1S/C10H21N3O2/c1-10(2,3)15-9(14)13-8(7-11)5-6-12(13)4/h8H,5-7,11H2,1-4H3. The molecule has 0 aliphatic carbocycles. The minimum absolute atomic E-state index is 0.0739. The summed E-state index contributed by atoms with van der Waals surface area (Å²) in [6.45, 7) is 6.90. The van der Waals surface area contributed by atoms with E-state index in [2.05, 4.69) is 0 Å². The Balaban J connectivity index is 2.64. The Kier molecular flexibility index (Phi) is 3.57. The molecule has 0 spiro atoms. The molecule has 5 heteroatoms. The number of ether oxygens (including phenoxy) is 1. The zero-order valence-electron chi connectivity index (χ0n) is 9.99. The van der Waals surface area contributed by atoms with Crippen LogP contribution < -0.4 is 5.73 Å². The Morgan fingerprint density at radius 3 is 2.60 bits per heavy atom. The highest BCUT2D eigenvalue weighted by Crippen LogP contribution is 2.19. The molecule has 1 fully saturated rings.